The van der Waals surface area contributed by atoms with Crippen molar-refractivity contribution in [3.63, 3.8) is 0 Å². The first-order valence-electron chi connectivity index (χ1n) is 4.28. The first kappa shape index (κ1) is 11.2. The van der Waals surface area contributed by atoms with Crippen molar-refractivity contribution in [2.75, 3.05) is 6.61 Å². The normalized spacial score (nSPS) is 43.0. The van der Waals surface area contributed by atoms with Crippen molar-refractivity contribution in [1.29, 1.82) is 0 Å². The summed E-state index contributed by atoms with van der Waals surface area (Å²) < 4.78 is 5.16. The third-order valence-corrected chi connectivity index (χ3v) is 2.32. The zero-order valence-corrected chi connectivity index (χ0v) is 7.69. The fourth-order valence-electron chi connectivity index (χ4n) is 1.49. The van der Waals surface area contributed by atoms with E-state index in [-0.39, 0.29) is 6.61 Å². The van der Waals surface area contributed by atoms with Gasteiger partial charge in [-0.2, -0.15) is 0 Å². The molecule has 14 heavy (non-hydrogen) atoms. The first-order chi connectivity index (χ1) is 6.61. The number of aliphatic hydroxyl groups excluding tert-OH is 3. The molecular weight excluding hydrogens is 190 g/mol. The van der Waals surface area contributed by atoms with Gasteiger partial charge in [-0.3, -0.25) is 0 Å². The molecule has 0 aromatic carbocycles. The molecule has 1 heterocycles. The van der Waals surface area contributed by atoms with E-state index in [2.05, 4.69) is 10.0 Å². The Labute approximate surface area is 80.6 Å². The first-order valence-corrected chi connectivity index (χ1v) is 4.28. The SMILES string of the molecule is C[C@@H]1OC(CO)[C@H](N=[N+]=[N-])[C@H](O)C1O. The highest BCUT2D eigenvalue weighted by Crippen LogP contribution is 2.23. The van der Waals surface area contributed by atoms with Gasteiger partial charge >= 0.3 is 0 Å². The molecule has 7 heteroatoms. The summed E-state index contributed by atoms with van der Waals surface area (Å²) >= 11 is 0. The zero-order chi connectivity index (χ0) is 10.7. The summed E-state index contributed by atoms with van der Waals surface area (Å²) in [7, 11) is 0. The van der Waals surface area contributed by atoms with Crippen LogP contribution in [-0.4, -0.2) is 52.4 Å². The second-order valence-electron chi connectivity index (χ2n) is 3.24. The van der Waals surface area contributed by atoms with Gasteiger partial charge < -0.3 is 20.1 Å². The molecule has 1 saturated heterocycles. The van der Waals surface area contributed by atoms with Crippen molar-refractivity contribution in [2.45, 2.75) is 37.4 Å². The molecule has 0 spiro atoms. The standard InChI is InChI=1S/C7H13N3O4/c1-3-6(12)7(13)5(9-10-8)4(2-11)14-3/h3-7,11-13H,2H2,1H3/t3-,4?,5-,6?,7-/m0/s1. The lowest BCUT2D eigenvalue weighted by Crippen LogP contribution is -2.56. The van der Waals surface area contributed by atoms with Gasteiger partial charge in [0.15, 0.2) is 0 Å². The third kappa shape index (κ3) is 1.97. The molecule has 0 amide bonds. The molecule has 1 aliphatic heterocycles. The predicted octanol–water partition coefficient (Wildman–Crippen LogP) is -0.833. The van der Waals surface area contributed by atoms with Gasteiger partial charge in [-0.15, -0.1) is 0 Å². The van der Waals surface area contributed by atoms with Crippen LogP contribution in [0.25, 0.3) is 10.4 Å². The largest absolute Gasteiger partial charge is 0.394 e. The molecule has 1 fully saturated rings. The topological polar surface area (TPSA) is 119 Å². The van der Waals surface area contributed by atoms with Crippen molar-refractivity contribution < 1.29 is 20.1 Å². The van der Waals surface area contributed by atoms with Crippen LogP contribution < -0.4 is 0 Å². The van der Waals surface area contributed by atoms with Crippen LogP contribution in [0.15, 0.2) is 5.11 Å². The van der Waals surface area contributed by atoms with Crippen LogP contribution in [0.4, 0.5) is 0 Å². The summed E-state index contributed by atoms with van der Waals surface area (Å²) in [5, 5.41) is 31.1. The zero-order valence-electron chi connectivity index (χ0n) is 7.69. The molecule has 3 N–H and O–H groups in total. The van der Waals surface area contributed by atoms with E-state index < -0.39 is 30.5 Å². The number of azide groups is 1. The minimum Gasteiger partial charge on any atom is -0.394 e. The summed E-state index contributed by atoms with van der Waals surface area (Å²) in [5.74, 6) is 0. The number of hydrogen-bond acceptors (Lipinski definition) is 5. The van der Waals surface area contributed by atoms with Gasteiger partial charge in [-0.1, -0.05) is 5.11 Å². The maximum Gasteiger partial charge on any atom is 0.106 e. The number of ether oxygens (including phenoxy) is 1. The van der Waals surface area contributed by atoms with Crippen LogP contribution in [0.3, 0.4) is 0 Å². The van der Waals surface area contributed by atoms with E-state index in [1.807, 2.05) is 0 Å². The summed E-state index contributed by atoms with van der Waals surface area (Å²) in [4.78, 5) is 2.53. The molecule has 0 aliphatic carbocycles. The van der Waals surface area contributed by atoms with Crippen molar-refractivity contribution in [1.82, 2.24) is 0 Å². The Hall–Kier alpha value is -0.850. The molecule has 80 valence electrons. The molecule has 5 atom stereocenters. The fourth-order valence-corrected chi connectivity index (χ4v) is 1.49. The third-order valence-electron chi connectivity index (χ3n) is 2.32. The quantitative estimate of drug-likeness (QED) is 0.308. The molecular formula is C7H13N3O4. The average molecular weight is 203 g/mol. The number of aliphatic hydroxyl groups is 3. The molecule has 1 rings (SSSR count). The molecule has 0 aromatic rings. The van der Waals surface area contributed by atoms with Crippen LogP contribution in [0.1, 0.15) is 6.92 Å². The van der Waals surface area contributed by atoms with Gasteiger partial charge in [0.05, 0.1) is 31.0 Å². The van der Waals surface area contributed by atoms with Crippen LogP contribution in [0, 0.1) is 0 Å². The van der Waals surface area contributed by atoms with Gasteiger partial charge in [-0.25, -0.2) is 0 Å². The maximum atomic E-state index is 9.53. The van der Waals surface area contributed by atoms with Gasteiger partial charge in [0, 0.05) is 4.91 Å². The summed E-state index contributed by atoms with van der Waals surface area (Å²) in [5.41, 5.74) is 8.23. The van der Waals surface area contributed by atoms with Crippen molar-refractivity contribution in [2.24, 2.45) is 5.11 Å². The predicted molar refractivity (Wildman–Crippen MR) is 46.4 cm³/mol. The lowest BCUT2D eigenvalue weighted by Gasteiger charge is -2.39. The maximum absolute atomic E-state index is 9.53. The molecule has 0 aromatic heterocycles. The van der Waals surface area contributed by atoms with E-state index in [0.29, 0.717) is 0 Å². The van der Waals surface area contributed by atoms with Crippen LogP contribution >= 0.6 is 0 Å². The Morgan fingerprint density at radius 1 is 1.43 bits per heavy atom. The second-order valence-corrected chi connectivity index (χ2v) is 3.24. The Morgan fingerprint density at radius 2 is 2.07 bits per heavy atom. The minimum atomic E-state index is -1.20. The van der Waals surface area contributed by atoms with E-state index in [1.54, 1.807) is 6.92 Å². The number of hydrogen-bond donors (Lipinski definition) is 3. The monoisotopic (exact) mass is 203 g/mol. The lowest BCUT2D eigenvalue weighted by atomic mass is 9.94. The highest BCUT2D eigenvalue weighted by molar-refractivity contribution is 4.95. The summed E-state index contributed by atoms with van der Waals surface area (Å²) in [6.45, 7) is 1.21. The molecule has 0 radical (unpaired) electrons. The Bertz CT molecular complexity index is 241. The number of rotatable bonds is 2. The second kappa shape index (κ2) is 4.59. The van der Waals surface area contributed by atoms with Crippen LogP contribution in [0.2, 0.25) is 0 Å². The Kier molecular flexibility index (Phi) is 3.68. The lowest BCUT2D eigenvalue weighted by molar-refractivity contribution is -0.180. The van der Waals surface area contributed by atoms with E-state index in [0.717, 1.165) is 0 Å². The molecule has 7 nitrogen and oxygen atoms in total. The van der Waals surface area contributed by atoms with Gasteiger partial charge in [0.2, 0.25) is 0 Å². The van der Waals surface area contributed by atoms with E-state index in [1.165, 1.54) is 0 Å². The summed E-state index contributed by atoms with van der Waals surface area (Å²) in [6.07, 6.45) is -3.66. The van der Waals surface area contributed by atoms with E-state index in [4.69, 9.17) is 15.4 Å². The molecule has 2 unspecified atom stereocenters. The van der Waals surface area contributed by atoms with Crippen molar-refractivity contribution >= 4 is 0 Å². The molecule has 0 bridgehead atoms. The van der Waals surface area contributed by atoms with Crippen molar-refractivity contribution in [3.8, 4) is 0 Å². The van der Waals surface area contributed by atoms with Gasteiger partial charge in [0.25, 0.3) is 0 Å². The smallest absolute Gasteiger partial charge is 0.106 e. The minimum absolute atomic E-state index is 0.363. The summed E-state index contributed by atoms with van der Waals surface area (Å²) in [6, 6.07) is -0.948. The average Bonchev–Trinajstić information content (AvgIpc) is 2.19. The number of nitrogens with zero attached hydrogens (tertiary/aromatic N) is 3. The van der Waals surface area contributed by atoms with Gasteiger partial charge in [0.1, 0.15) is 6.10 Å². The van der Waals surface area contributed by atoms with E-state index in [9.17, 15) is 10.2 Å². The van der Waals surface area contributed by atoms with E-state index >= 15 is 0 Å². The van der Waals surface area contributed by atoms with Gasteiger partial charge in [-0.05, 0) is 12.5 Å². The molecule has 1 aliphatic rings. The van der Waals surface area contributed by atoms with Crippen LogP contribution in [0.5, 0.6) is 0 Å². The van der Waals surface area contributed by atoms with Crippen molar-refractivity contribution in [3.05, 3.63) is 10.4 Å². The Morgan fingerprint density at radius 3 is 2.57 bits per heavy atom. The fraction of sp³-hybridized carbons (Fsp3) is 1.00. The highest BCUT2D eigenvalue weighted by Gasteiger charge is 2.41. The van der Waals surface area contributed by atoms with Crippen LogP contribution in [-0.2, 0) is 4.74 Å². The Balaban J connectivity index is 2.82. The highest BCUT2D eigenvalue weighted by atomic mass is 16.5. The molecule has 0 saturated carbocycles.